The number of amides is 2. The lowest BCUT2D eigenvalue weighted by Crippen LogP contribution is -2.45. The summed E-state index contributed by atoms with van der Waals surface area (Å²) < 4.78 is 0. The summed E-state index contributed by atoms with van der Waals surface area (Å²) in [6.07, 6.45) is 2.94. The largest absolute Gasteiger partial charge is 0.480 e. The van der Waals surface area contributed by atoms with E-state index in [1.165, 1.54) is 19.5 Å². The second kappa shape index (κ2) is 12.0. The van der Waals surface area contributed by atoms with Crippen molar-refractivity contribution in [2.75, 3.05) is 12.4 Å². The van der Waals surface area contributed by atoms with Crippen LogP contribution < -0.4 is 10.6 Å². The summed E-state index contributed by atoms with van der Waals surface area (Å²) >= 11 is 12.1. The average molecular weight is 515 g/mol. The SMILES string of the molecule is CON=C(C(=O)N[C@@H](Cc1ccc(NC(=O)c2c(Cl)cccc2Cl)cc1)C(=O)O)c1ccncc1. The zero-order valence-electron chi connectivity index (χ0n) is 18.4. The van der Waals surface area contributed by atoms with Gasteiger partial charge in [-0.2, -0.15) is 0 Å². The number of carbonyl (C=O) groups excluding carboxylic acids is 2. The van der Waals surface area contributed by atoms with Crippen molar-refractivity contribution in [3.8, 4) is 0 Å². The van der Waals surface area contributed by atoms with Crippen molar-refractivity contribution in [1.29, 1.82) is 0 Å². The molecule has 3 N–H and O–H groups in total. The van der Waals surface area contributed by atoms with Crippen LogP contribution in [0.3, 0.4) is 0 Å². The van der Waals surface area contributed by atoms with E-state index in [4.69, 9.17) is 28.0 Å². The zero-order chi connectivity index (χ0) is 25.4. The molecule has 3 aromatic rings. The fraction of sp³-hybridized carbons (Fsp3) is 0.125. The van der Waals surface area contributed by atoms with E-state index in [9.17, 15) is 19.5 Å². The van der Waals surface area contributed by atoms with E-state index in [0.717, 1.165) is 0 Å². The second-order valence-electron chi connectivity index (χ2n) is 7.17. The number of hydrogen-bond donors (Lipinski definition) is 3. The summed E-state index contributed by atoms with van der Waals surface area (Å²) in [6.45, 7) is 0. The Labute approximate surface area is 210 Å². The molecule has 3 rings (SSSR count). The van der Waals surface area contributed by atoms with Gasteiger partial charge in [0.25, 0.3) is 11.8 Å². The van der Waals surface area contributed by atoms with Gasteiger partial charge in [-0.1, -0.05) is 46.6 Å². The Balaban J connectivity index is 1.69. The minimum atomic E-state index is -1.24. The molecular weight excluding hydrogens is 495 g/mol. The molecule has 2 amide bonds. The molecule has 1 heterocycles. The number of pyridine rings is 1. The summed E-state index contributed by atoms with van der Waals surface area (Å²) in [5, 5.41) is 18.9. The molecule has 9 nitrogen and oxygen atoms in total. The third-order valence-corrected chi connectivity index (χ3v) is 5.43. The highest BCUT2D eigenvalue weighted by Gasteiger charge is 2.24. The molecule has 0 bridgehead atoms. The van der Waals surface area contributed by atoms with E-state index >= 15 is 0 Å². The monoisotopic (exact) mass is 514 g/mol. The van der Waals surface area contributed by atoms with Gasteiger partial charge in [0, 0.05) is 30.1 Å². The first kappa shape index (κ1) is 25.7. The topological polar surface area (TPSA) is 130 Å². The van der Waals surface area contributed by atoms with Crippen LogP contribution in [-0.4, -0.2) is 46.7 Å². The number of nitrogens with zero attached hydrogens (tertiary/aromatic N) is 2. The van der Waals surface area contributed by atoms with Crippen LogP contribution >= 0.6 is 23.2 Å². The maximum Gasteiger partial charge on any atom is 0.326 e. The van der Waals surface area contributed by atoms with Gasteiger partial charge in [0.2, 0.25) is 0 Å². The quantitative estimate of drug-likeness (QED) is 0.294. The third kappa shape index (κ3) is 6.78. The van der Waals surface area contributed by atoms with Crippen molar-refractivity contribution in [2.45, 2.75) is 12.5 Å². The molecule has 1 aromatic heterocycles. The first-order valence-corrected chi connectivity index (χ1v) is 10.9. The molecule has 0 aliphatic carbocycles. The Morgan fingerprint density at radius 1 is 1.03 bits per heavy atom. The molecule has 0 radical (unpaired) electrons. The Hall–Kier alpha value is -3.95. The first-order valence-electron chi connectivity index (χ1n) is 10.2. The number of nitrogens with one attached hydrogen (secondary N) is 2. The summed E-state index contributed by atoms with van der Waals surface area (Å²) in [6, 6.07) is 13.1. The van der Waals surface area contributed by atoms with Crippen molar-refractivity contribution in [1.82, 2.24) is 10.3 Å². The smallest absolute Gasteiger partial charge is 0.326 e. The van der Waals surface area contributed by atoms with Gasteiger partial charge >= 0.3 is 5.97 Å². The minimum Gasteiger partial charge on any atom is -0.480 e. The van der Waals surface area contributed by atoms with Crippen LogP contribution in [0, 0.1) is 0 Å². The fourth-order valence-electron chi connectivity index (χ4n) is 3.12. The molecular formula is C24H20Cl2N4O5. The highest BCUT2D eigenvalue weighted by atomic mass is 35.5. The predicted octanol–water partition coefficient (Wildman–Crippen LogP) is 3.80. The van der Waals surface area contributed by atoms with E-state index in [1.807, 2.05) is 0 Å². The van der Waals surface area contributed by atoms with Crippen molar-refractivity contribution in [3.05, 3.63) is 93.7 Å². The summed E-state index contributed by atoms with van der Waals surface area (Å²) in [5.41, 5.74) is 1.55. The Bertz CT molecular complexity index is 1230. The Kier molecular flexibility index (Phi) is 8.77. The zero-order valence-corrected chi connectivity index (χ0v) is 19.9. The lowest BCUT2D eigenvalue weighted by Gasteiger charge is -2.16. The molecule has 11 heteroatoms. The van der Waals surface area contributed by atoms with Crippen LogP contribution in [0.5, 0.6) is 0 Å². The highest BCUT2D eigenvalue weighted by Crippen LogP contribution is 2.25. The maximum absolute atomic E-state index is 12.7. The van der Waals surface area contributed by atoms with Crippen LogP contribution in [0.15, 0.2) is 72.1 Å². The molecule has 0 unspecified atom stereocenters. The van der Waals surface area contributed by atoms with Gasteiger partial charge in [0.15, 0.2) is 5.71 Å². The molecule has 1 atom stereocenters. The molecule has 0 saturated heterocycles. The van der Waals surface area contributed by atoms with E-state index in [2.05, 4.69) is 20.8 Å². The number of benzene rings is 2. The maximum atomic E-state index is 12.7. The number of carboxylic acids is 1. The van der Waals surface area contributed by atoms with E-state index < -0.39 is 23.8 Å². The summed E-state index contributed by atoms with van der Waals surface area (Å²) in [4.78, 5) is 45.7. The molecule has 35 heavy (non-hydrogen) atoms. The van der Waals surface area contributed by atoms with Crippen LogP contribution in [0.2, 0.25) is 10.0 Å². The second-order valence-corrected chi connectivity index (χ2v) is 7.99. The molecule has 0 spiro atoms. The van der Waals surface area contributed by atoms with Crippen LogP contribution in [0.1, 0.15) is 21.5 Å². The third-order valence-electron chi connectivity index (χ3n) is 4.80. The number of rotatable bonds is 9. The number of aliphatic carboxylic acids is 1. The highest BCUT2D eigenvalue weighted by molar-refractivity contribution is 6.45. The number of carbonyl (C=O) groups is 3. The van der Waals surface area contributed by atoms with Crippen LogP contribution in [0.25, 0.3) is 0 Å². The number of aromatic nitrogens is 1. The molecule has 2 aromatic carbocycles. The number of oxime groups is 1. The molecule has 180 valence electrons. The number of hydrogen-bond acceptors (Lipinski definition) is 6. The fourth-order valence-corrected chi connectivity index (χ4v) is 3.69. The van der Waals surface area contributed by atoms with Gasteiger partial charge in [-0.3, -0.25) is 14.6 Å². The van der Waals surface area contributed by atoms with Crippen molar-refractivity contribution in [3.63, 3.8) is 0 Å². The Morgan fingerprint density at radius 3 is 2.23 bits per heavy atom. The normalized spacial score (nSPS) is 11.9. The van der Waals surface area contributed by atoms with Crippen molar-refractivity contribution >= 4 is 52.4 Å². The van der Waals surface area contributed by atoms with Gasteiger partial charge in [-0.15, -0.1) is 0 Å². The molecule has 0 fully saturated rings. The van der Waals surface area contributed by atoms with Crippen LogP contribution in [0.4, 0.5) is 5.69 Å². The van der Waals surface area contributed by atoms with Gasteiger partial charge in [0.05, 0.1) is 15.6 Å². The van der Waals surface area contributed by atoms with Gasteiger partial charge in [-0.25, -0.2) is 4.79 Å². The molecule has 0 aliphatic rings. The summed E-state index contributed by atoms with van der Waals surface area (Å²) in [7, 11) is 1.28. The minimum absolute atomic E-state index is 0.0117. The van der Waals surface area contributed by atoms with Crippen molar-refractivity contribution in [2.24, 2.45) is 5.16 Å². The van der Waals surface area contributed by atoms with E-state index in [-0.39, 0.29) is 27.7 Å². The number of anilines is 1. The molecule has 0 aliphatic heterocycles. The van der Waals surface area contributed by atoms with E-state index in [0.29, 0.717) is 16.8 Å². The number of carboxylic acid groups (broad SMARTS) is 1. The summed E-state index contributed by atoms with van der Waals surface area (Å²) in [5.74, 6) is -2.42. The number of halogens is 2. The lowest BCUT2D eigenvalue weighted by molar-refractivity contribution is -0.141. The average Bonchev–Trinajstić information content (AvgIpc) is 2.83. The molecule has 0 saturated carbocycles. The van der Waals surface area contributed by atoms with Gasteiger partial charge in [-0.05, 0) is 42.0 Å². The lowest BCUT2D eigenvalue weighted by atomic mass is 10.0. The standard InChI is InChI=1S/C24H20Cl2N4O5/c1-35-30-21(15-9-11-27-12-10-15)23(32)29-19(24(33)34)13-14-5-7-16(8-6-14)28-22(31)20-17(25)3-2-4-18(20)26/h2-12,19H,13H2,1H3,(H,28,31)(H,29,32)(H,33,34)/t19-/m0/s1. The van der Waals surface area contributed by atoms with Gasteiger partial charge in [0.1, 0.15) is 13.2 Å². The van der Waals surface area contributed by atoms with Crippen LogP contribution in [-0.2, 0) is 20.8 Å². The van der Waals surface area contributed by atoms with E-state index in [1.54, 1.807) is 54.6 Å². The first-order chi connectivity index (χ1) is 16.8. The Morgan fingerprint density at radius 2 is 1.66 bits per heavy atom. The van der Waals surface area contributed by atoms with Gasteiger partial charge < -0.3 is 20.6 Å². The van der Waals surface area contributed by atoms with Crippen molar-refractivity contribution < 1.29 is 24.3 Å². The predicted molar refractivity (Wildman–Crippen MR) is 132 cm³/mol.